The molecule has 25 heavy (non-hydrogen) atoms. The lowest BCUT2D eigenvalue weighted by molar-refractivity contribution is 0.480. The maximum atomic E-state index is 9.75. The van der Waals surface area contributed by atoms with Gasteiger partial charge in [0.2, 0.25) is 0 Å². The molecule has 3 nitrogen and oxygen atoms in total. The standard InChI is InChI=1S/C22H35NO2/c1-2-3-4-5-6-7-8-9-10-11-12-13-14-18-21-23-22-19(24)16-15-17-20(22)25-21/h15-17,24H,2-14,18H2,1H3. The summed E-state index contributed by atoms with van der Waals surface area (Å²) < 4.78 is 5.68. The number of nitrogens with zero attached hydrogens (tertiary/aromatic N) is 1. The zero-order chi connectivity index (χ0) is 17.7. The molecule has 1 aromatic carbocycles. The molecule has 0 fully saturated rings. The Morgan fingerprint density at radius 1 is 0.800 bits per heavy atom. The third-order valence-corrected chi connectivity index (χ3v) is 4.94. The molecule has 0 aliphatic heterocycles. The summed E-state index contributed by atoms with van der Waals surface area (Å²) in [6.07, 6.45) is 18.5. The van der Waals surface area contributed by atoms with E-state index in [0.29, 0.717) is 11.1 Å². The highest BCUT2D eigenvalue weighted by atomic mass is 16.3. The molecular weight excluding hydrogens is 310 g/mol. The molecule has 140 valence electrons. The van der Waals surface area contributed by atoms with Crippen molar-refractivity contribution in [2.45, 2.75) is 96.8 Å². The number of fused-ring (bicyclic) bond motifs is 1. The summed E-state index contributed by atoms with van der Waals surface area (Å²) in [4.78, 5) is 4.39. The predicted octanol–water partition coefficient (Wildman–Crippen LogP) is 7.17. The monoisotopic (exact) mass is 345 g/mol. The van der Waals surface area contributed by atoms with Crippen LogP contribution in [0.3, 0.4) is 0 Å². The van der Waals surface area contributed by atoms with Gasteiger partial charge in [-0.1, -0.05) is 90.0 Å². The molecule has 1 aromatic heterocycles. The molecule has 0 saturated heterocycles. The van der Waals surface area contributed by atoms with E-state index in [4.69, 9.17) is 4.42 Å². The van der Waals surface area contributed by atoms with Gasteiger partial charge >= 0.3 is 0 Å². The number of phenolic OH excluding ortho intramolecular Hbond substituents is 1. The van der Waals surface area contributed by atoms with E-state index >= 15 is 0 Å². The fourth-order valence-corrected chi connectivity index (χ4v) is 3.38. The van der Waals surface area contributed by atoms with Crippen molar-refractivity contribution in [1.82, 2.24) is 4.98 Å². The number of oxazole rings is 1. The quantitative estimate of drug-likeness (QED) is 0.369. The normalized spacial score (nSPS) is 11.4. The number of aromatic nitrogens is 1. The fraction of sp³-hybridized carbons (Fsp3) is 0.682. The van der Waals surface area contributed by atoms with Crippen LogP contribution in [0.5, 0.6) is 5.75 Å². The van der Waals surface area contributed by atoms with Gasteiger partial charge in [0.15, 0.2) is 17.0 Å². The maximum absolute atomic E-state index is 9.75. The number of aromatic hydroxyl groups is 1. The van der Waals surface area contributed by atoms with Crippen LogP contribution in [0.2, 0.25) is 0 Å². The number of phenols is 1. The Hall–Kier alpha value is -1.51. The van der Waals surface area contributed by atoms with Gasteiger partial charge in [-0.15, -0.1) is 0 Å². The Bertz CT molecular complexity index is 591. The molecular formula is C22H35NO2. The van der Waals surface area contributed by atoms with Crippen molar-refractivity contribution in [3.8, 4) is 5.75 Å². The Morgan fingerprint density at radius 3 is 1.92 bits per heavy atom. The molecule has 0 aliphatic rings. The lowest BCUT2D eigenvalue weighted by Gasteiger charge is -2.02. The minimum Gasteiger partial charge on any atom is -0.506 e. The summed E-state index contributed by atoms with van der Waals surface area (Å²) in [5.74, 6) is 0.956. The van der Waals surface area contributed by atoms with Crippen LogP contribution >= 0.6 is 0 Å². The molecule has 2 rings (SSSR count). The van der Waals surface area contributed by atoms with Gasteiger partial charge < -0.3 is 9.52 Å². The molecule has 0 atom stereocenters. The lowest BCUT2D eigenvalue weighted by atomic mass is 10.0. The van der Waals surface area contributed by atoms with Gasteiger partial charge in [-0.2, -0.15) is 0 Å². The van der Waals surface area contributed by atoms with Crippen LogP contribution in [0.15, 0.2) is 22.6 Å². The van der Waals surface area contributed by atoms with Crippen molar-refractivity contribution in [3.05, 3.63) is 24.1 Å². The summed E-state index contributed by atoms with van der Waals surface area (Å²) in [5, 5.41) is 9.75. The first-order valence-corrected chi connectivity index (χ1v) is 10.4. The van der Waals surface area contributed by atoms with E-state index in [1.807, 2.05) is 6.07 Å². The average molecular weight is 346 g/mol. The fourth-order valence-electron chi connectivity index (χ4n) is 3.38. The topological polar surface area (TPSA) is 46.3 Å². The van der Waals surface area contributed by atoms with Crippen LogP contribution in [0.25, 0.3) is 11.1 Å². The van der Waals surface area contributed by atoms with Crippen molar-refractivity contribution < 1.29 is 9.52 Å². The van der Waals surface area contributed by atoms with Crippen molar-refractivity contribution in [2.75, 3.05) is 0 Å². The average Bonchev–Trinajstić information content (AvgIpc) is 3.03. The Kier molecular flexibility index (Phi) is 9.46. The van der Waals surface area contributed by atoms with Crippen LogP contribution < -0.4 is 0 Å². The predicted molar refractivity (Wildman–Crippen MR) is 105 cm³/mol. The van der Waals surface area contributed by atoms with Crippen LogP contribution in [0.4, 0.5) is 0 Å². The van der Waals surface area contributed by atoms with Gasteiger partial charge in [-0.25, -0.2) is 4.98 Å². The van der Waals surface area contributed by atoms with Crippen molar-refractivity contribution in [1.29, 1.82) is 0 Å². The Morgan fingerprint density at radius 2 is 1.36 bits per heavy atom. The Labute approximate surface area is 152 Å². The molecule has 0 aliphatic carbocycles. The number of rotatable bonds is 14. The van der Waals surface area contributed by atoms with Gasteiger partial charge in [-0.3, -0.25) is 0 Å². The van der Waals surface area contributed by atoms with Crippen LogP contribution in [0.1, 0.15) is 96.3 Å². The second-order valence-corrected chi connectivity index (χ2v) is 7.22. The van der Waals surface area contributed by atoms with Crippen molar-refractivity contribution in [3.63, 3.8) is 0 Å². The molecule has 0 spiro atoms. The smallest absolute Gasteiger partial charge is 0.195 e. The van der Waals surface area contributed by atoms with E-state index in [2.05, 4.69) is 11.9 Å². The Balaban J connectivity index is 1.44. The van der Waals surface area contributed by atoms with Gasteiger partial charge in [0.1, 0.15) is 5.75 Å². The van der Waals surface area contributed by atoms with Crippen LogP contribution in [-0.4, -0.2) is 10.1 Å². The SMILES string of the molecule is CCCCCCCCCCCCCCCc1nc2c(O)cccc2o1. The number of benzene rings is 1. The van der Waals surface area contributed by atoms with E-state index in [-0.39, 0.29) is 5.75 Å². The minimum absolute atomic E-state index is 0.206. The van der Waals surface area contributed by atoms with Gasteiger partial charge in [0.25, 0.3) is 0 Å². The first-order chi connectivity index (χ1) is 12.3. The molecule has 3 heteroatoms. The van der Waals surface area contributed by atoms with E-state index < -0.39 is 0 Å². The van der Waals surface area contributed by atoms with Crippen molar-refractivity contribution >= 4 is 11.1 Å². The largest absolute Gasteiger partial charge is 0.506 e. The summed E-state index contributed by atoms with van der Waals surface area (Å²) in [6, 6.07) is 5.30. The second-order valence-electron chi connectivity index (χ2n) is 7.22. The molecule has 0 amide bonds. The van der Waals surface area contributed by atoms with E-state index in [1.54, 1.807) is 12.1 Å². The van der Waals surface area contributed by atoms with Gasteiger partial charge in [0.05, 0.1) is 0 Å². The van der Waals surface area contributed by atoms with Crippen molar-refractivity contribution in [2.24, 2.45) is 0 Å². The second kappa shape index (κ2) is 11.9. The van der Waals surface area contributed by atoms with Crippen LogP contribution in [-0.2, 0) is 6.42 Å². The highest BCUT2D eigenvalue weighted by Crippen LogP contribution is 2.25. The number of hydrogen-bond acceptors (Lipinski definition) is 3. The number of aryl methyl sites for hydroxylation is 1. The summed E-state index contributed by atoms with van der Waals surface area (Å²) in [5.41, 5.74) is 1.27. The van der Waals surface area contributed by atoms with E-state index in [1.165, 1.54) is 77.0 Å². The third-order valence-electron chi connectivity index (χ3n) is 4.94. The summed E-state index contributed by atoms with van der Waals surface area (Å²) in [6.45, 7) is 2.28. The first-order valence-electron chi connectivity index (χ1n) is 10.4. The summed E-state index contributed by atoms with van der Waals surface area (Å²) >= 11 is 0. The molecule has 0 saturated carbocycles. The maximum Gasteiger partial charge on any atom is 0.195 e. The van der Waals surface area contributed by atoms with Gasteiger partial charge in [-0.05, 0) is 18.6 Å². The van der Waals surface area contributed by atoms with E-state index in [9.17, 15) is 5.11 Å². The number of hydrogen-bond donors (Lipinski definition) is 1. The third kappa shape index (κ3) is 7.50. The molecule has 0 radical (unpaired) electrons. The zero-order valence-electron chi connectivity index (χ0n) is 15.9. The summed E-state index contributed by atoms with van der Waals surface area (Å²) in [7, 11) is 0. The molecule has 0 unspecified atom stereocenters. The highest BCUT2D eigenvalue weighted by molar-refractivity contribution is 5.79. The molecule has 2 aromatic rings. The van der Waals surface area contributed by atoms with Crippen LogP contribution in [0, 0.1) is 0 Å². The van der Waals surface area contributed by atoms with E-state index in [0.717, 1.165) is 18.7 Å². The lowest BCUT2D eigenvalue weighted by Crippen LogP contribution is -1.86. The molecule has 1 heterocycles. The number of para-hydroxylation sites is 1. The zero-order valence-corrected chi connectivity index (χ0v) is 15.9. The molecule has 1 N–H and O–H groups in total. The minimum atomic E-state index is 0.206. The first kappa shape index (κ1) is 19.8. The highest BCUT2D eigenvalue weighted by Gasteiger charge is 2.08. The van der Waals surface area contributed by atoms with Gasteiger partial charge in [0, 0.05) is 6.42 Å². The number of unbranched alkanes of at least 4 members (excludes halogenated alkanes) is 12. The molecule has 0 bridgehead atoms.